The first-order chi connectivity index (χ1) is 3.77. The molecule has 0 heterocycles. The molecular weight excluding hydrogens is 120 g/mol. The maximum atomic E-state index is 9.75. The van der Waals surface area contributed by atoms with Crippen LogP contribution >= 0.6 is 11.8 Å². The van der Waals surface area contributed by atoms with Gasteiger partial charge in [-0.15, -0.1) is 0 Å². The van der Waals surface area contributed by atoms with E-state index < -0.39 is 0 Å². The van der Waals surface area contributed by atoms with Gasteiger partial charge in [0.1, 0.15) is 0 Å². The van der Waals surface area contributed by atoms with Crippen LogP contribution in [0.3, 0.4) is 0 Å². The summed E-state index contributed by atoms with van der Waals surface area (Å²) in [6, 6.07) is 0. The van der Waals surface area contributed by atoms with E-state index in [1.54, 1.807) is 0 Å². The lowest BCUT2D eigenvalue weighted by Crippen LogP contribution is -1.88. The van der Waals surface area contributed by atoms with Crippen LogP contribution in [0, 0.1) is 5.92 Å². The molecule has 0 aliphatic carbocycles. The molecule has 48 valence electrons. The summed E-state index contributed by atoms with van der Waals surface area (Å²) in [6.45, 7) is 4.32. The van der Waals surface area contributed by atoms with Gasteiger partial charge in [0, 0.05) is 5.75 Å². The zero-order valence-corrected chi connectivity index (χ0v) is 6.20. The first-order valence-electron chi connectivity index (χ1n) is 2.82. The van der Waals surface area contributed by atoms with E-state index in [0.29, 0.717) is 0 Å². The fraction of sp³-hybridized carbons (Fsp3) is 0.833. The van der Waals surface area contributed by atoms with Gasteiger partial charge in [0.25, 0.3) is 0 Å². The summed E-state index contributed by atoms with van der Waals surface area (Å²) in [5.41, 5.74) is 0.905. The van der Waals surface area contributed by atoms with Crippen LogP contribution in [-0.4, -0.2) is 11.4 Å². The molecule has 2 heteroatoms. The smallest absolute Gasteiger partial charge is 0.176 e. The van der Waals surface area contributed by atoms with Crippen molar-refractivity contribution in [3.8, 4) is 0 Å². The summed E-state index contributed by atoms with van der Waals surface area (Å²) in [4.78, 5) is 9.75. The average Bonchev–Trinajstić information content (AvgIpc) is 1.66. The Morgan fingerprint density at radius 1 is 1.62 bits per heavy atom. The summed E-state index contributed by atoms with van der Waals surface area (Å²) in [7, 11) is 0. The normalized spacial score (nSPS) is 9.88. The highest BCUT2D eigenvalue weighted by atomic mass is 32.2. The summed E-state index contributed by atoms with van der Waals surface area (Å²) >= 11 is 1.36. The van der Waals surface area contributed by atoms with E-state index in [9.17, 15) is 4.79 Å². The number of carbonyl (C=O) groups is 1. The molecule has 8 heavy (non-hydrogen) atoms. The van der Waals surface area contributed by atoms with E-state index in [1.807, 2.05) is 0 Å². The van der Waals surface area contributed by atoms with Gasteiger partial charge in [-0.1, -0.05) is 25.6 Å². The summed E-state index contributed by atoms with van der Waals surface area (Å²) in [5.74, 6) is 1.70. The Labute approximate surface area is 54.8 Å². The third-order valence-electron chi connectivity index (χ3n) is 0.881. The van der Waals surface area contributed by atoms with Gasteiger partial charge in [0.05, 0.1) is 0 Å². The van der Waals surface area contributed by atoms with E-state index in [2.05, 4.69) is 13.8 Å². The molecule has 0 aliphatic rings. The highest BCUT2D eigenvalue weighted by Gasteiger charge is 1.91. The molecule has 0 saturated heterocycles. The Bertz CT molecular complexity index is 61.5. The summed E-state index contributed by atoms with van der Waals surface area (Å²) < 4.78 is 0. The van der Waals surface area contributed by atoms with E-state index >= 15 is 0 Å². The SMILES string of the molecule is CC(C)CCSC=O. The van der Waals surface area contributed by atoms with Gasteiger partial charge in [0.2, 0.25) is 0 Å². The van der Waals surface area contributed by atoms with Crippen LogP contribution in [0.5, 0.6) is 0 Å². The zero-order chi connectivity index (χ0) is 6.41. The van der Waals surface area contributed by atoms with Crippen molar-refractivity contribution in [2.75, 3.05) is 5.75 Å². The number of carbonyl (C=O) groups excluding carboxylic acids is 1. The second-order valence-corrected chi connectivity index (χ2v) is 3.08. The number of rotatable bonds is 4. The average molecular weight is 132 g/mol. The van der Waals surface area contributed by atoms with Crippen LogP contribution in [0.25, 0.3) is 0 Å². The Balaban J connectivity index is 2.81. The molecule has 0 spiro atoms. The molecule has 0 atom stereocenters. The molecule has 0 aromatic carbocycles. The van der Waals surface area contributed by atoms with Gasteiger partial charge >= 0.3 is 0 Å². The minimum atomic E-state index is 0.724. The van der Waals surface area contributed by atoms with Crippen molar-refractivity contribution in [1.82, 2.24) is 0 Å². The molecule has 0 aromatic heterocycles. The first kappa shape index (κ1) is 8.02. The molecule has 0 rings (SSSR count). The maximum absolute atomic E-state index is 9.75. The van der Waals surface area contributed by atoms with Crippen molar-refractivity contribution >= 4 is 17.4 Å². The molecule has 0 radical (unpaired) electrons. The zero-order valence-electron chi connectivity index (χ0n) is 5.39. The van der Waals surface area contributed by atoms with E-state index in [-0.39, 0.29) is 0 Å². The maximum Gasteiger partial charge on any atom is 0.176 e. The molecule has 0 saturated carbocycles. The quantitative estimate of drug-likeness (QED) is 0.429. The van der Waals surface area contributed by atoms with E-state index in [0.717, 1.165) is 23.7 Å². The second kappa shape index (κ2) is 5.16. The van der Waals surface area contributed by atoms with Gasteiger partial charge in [0.15, 0.2) is 5.62 Å². The molecule has 0 fully saturated rings. The van der Waals surface area contributed by atoms with Crippen LogP contribution in [0.1, 0.15) is 20.3 Å². The van der Waals surface area contributed by atoms with Crippen LogP contribution in [-0.2, 0) is 4.79 Å². The van der Waals surface area contributed by atoms with Crippen LogP contribution < -0.4 is 0 Å². The fourth-order valence-corrected chi connectivity index (χ4v) is 1.06. The standard InChI is InChI=1S/C6H12OS/c1-6(2)3-4-8-5-7/h5-6H,3-4H2,1-2H3. The molecule has 0 unspecified atom stereocenters. The largest absolute Gasteiger partial charge is 0.291 e. The molecule has 0 aromatic rings. The van der Waals surface area contributed by atoms with Crippen molar-refractivity contribution in [3.05, 3.63) is 0 Å². The van der Waals surface area contributed by atoms with Gasteiger partial charge in [-0.2, -0.15) is 0 Å². The number of hydrogen-bond acceptors (Lipinski definition) is 2. The highest BCUT2D eigenvalue weighted by Crippen LogP contribution is 2.04. The van der Waals surface area contributed by atoms with E-state index in [1.165, 1.54) is 11.8 Å². The van der Waals surface area contributed by atoms with Crippen molar-refractivity contribution in [2.24, 2.45) is 5.92 Å². The lowest BCUT2D eigenvalue weighted by Gasteiger charge is -1.98. The fourth-order valence-electron chi connectivity index (χ4n) is 0.352. The minimum absolute atomic E-state index is 0.724. The Kier molecular flexibility index (Phi) is 5.18. The molecule has 0 N–H and O–H groups in total. The minimum Gasteiger partial charge on any atom is -0.291 e. The van der Waals surface area contributed by atoms with Crippen LogP contribution in [0.2, 0.25) is 0 Å². The summed E-state index contributed by atoms with van der Waals surface area (Å²) in [5, 5.41) is 0. The third-order valence-corrected chi connectivity index (χ3v) is 1.49. The lowest BCUT2D eigenvalue weighted by atomic mass is 10.2. The second-order valence-electron chi connectivity index (χ2n) is 2.15. The molecular formula is C6H12OS. The third kappa shape index (κ3) is 6.02. The Morgan fingerprint density at radius 2 is 2.25 bits per heavy atom. The van der Waals surface area contributed by atoms with Crippen molar-refractivity contribution < 1.29 is 4.79 Å². The predicted molar refractivity (Wildman–Crippen MR) is 38.7 cm³/mol. The molecule has 0 amide bonds. The lowest BCUT2D eigenvalue weighted by molar-refractivity contribution is 0.569. The van der Waals surface area contributed by atoms with Crippen molar-refractivity contribution in [2.45, 2.75) is 20.3 Å². The Hall–Kier alpha value is 0.0200. The number of thioether (sulfide) groups is 1. The van der Waals surface area contributed by atoms with Crippen LogP contribution in [0.15, 0.2) is 0 Å². The first-order valence-corrected chi connectivity index (χ1v) is 3.87. The highest BCUT2D eigenvalue weighted by molar-refractivity contribution is 8.11. The number of hydrogen-bond donors (Lipinski definition) is 0. The molecule has 0 bridgehead atoms. The van der Waals surface area contributed by atoms with Crippen molar-refractivity contribution in [1.29, 1.82) is 0 Å². The predicted octanol–water partition coefficient (Wildman–Crippen LogP) is 1.96. The van der Waals surface area contributed by atoms with Crippen LogP contribution in [0.4, 0.5) is 0 Å². The monoisotopic (exact) mass is 132 g/mol. The van der Waals surface area contributed by atoms with Gasteiger partial charge in [-0.05, 0) is 12.3 Å². The Morgan fingerprint density at radius 3 is 2.62 bits per heavy atom. The van der Waals surface area contributed by atoms with Gasteiger partial charge in [-0.25, -0.2) is 0 Å². The van der Waals surface area contributed by atoms with Crippen molar-refractivity contribution in [3.63, 3.8) is 0 Å². The van der Waals surface area contributed by atoms with E-state index in [4.69, 9.17) is 0 Å². The molecule has 0 aliphatic heterocycles. The molecule has 1 nitrogen and oxygen atoms in total. The van der Waals surface area contributed by atoms with Gasteiger partial charge in [-0.3, -0.25) is 4.79 Å². The summed E-state index contributed by atoms with van der Waals surface area (Å²) in [6.07, 6.45) is 1.14. The van der Waals surface area contributed by atoms with Gasteiger partial charge < -0.3 is 0 Å². The topological polar surface area (TPSA) is 17.1 Å².